The van der Waals surface area contributed by atoms with Gasteiger partial charge in [0, 0.05) is 18.3 Å². The molecular formula is C21H30O3. The highest BCUT2D eigenvalue weighted by Crippen LogP contribution is 2.68. The van der Waals surface area contributed by atoms with Gasteiger partial charge in [0.2, 0.25) is 0 Å². The molecule has 0 N–H and O–H groups in total. The predicted octanol–water partition coefficient (Wildman–Crippen LogP) is 4.26. The number of rotatable bonds is 0. The average Bonchev–Trinajstić information content (AvgIpc) is 3.15. The molecule has 3 nitrogen and oxygen atoms in total. The molecule has 0 radical (unpaired) electrons. The molecule has 1 saturated heterocycles. The maximum atomic E-state index is 11.9. The fourth-order valence-electron chi connectivity index (χ4n) is 7.44. The van der Waals surface area contributed by atoms with E-state index in [4.69, 9.17) is 9.47 Å². The monoisotopic (exact) mass is 330 g/mol. The van der Waals surface area contributed by atoms with Gasteiger partial charge in [-0.3, -0.25) is 4.79 Å². The Balaban J connectivity index is 1.49. The van der Waals surface area contributed by atoms with Crippen LogP contribution in [0.5, 0.6) is 0 Å². The zero-order chi connectivity index (χ0) is 16.6. The van der Waals surface area contributed by atoms with Gasteiger partial charge in [-0.2, -0.15) is 0 Å². The second kappa shape index (κ2) is 4.94. The molecule has 5 rings (SSSR count). The molecule has 5 aliphatic rings. The van der Waals surface area contributed by atoms with Crippen molar-refractivity contribution in [1.82, 2.24) is 0 Å². The minimum Gasteiger partial charge on any atom is -0.347 e. The van der Waals surface area contributed by atoms with Crippen LogP contribution in [0.25, 0.3) is 0 Å². The smallest absolute Gasteiger partial charge is 0.174 e. The molecule has 4 aliphatic carbocycles. The van der Waals surface area contributed by atoms with E-state index in [0.717, 1.165) is 56.7 Å². The largest absolute Gasteiger partial charge is 0.347 e. The highest BCUT2D eigenvalue weighted by molar-refractivity contribution is 5.91. The van der Waals surface area contributed by atoms with Gasteiger partial charge in [-0.05, 0) is 67.8 Å². The molecule has 24 heavy (non-hydrogen) atoms. The van der Waals surface area contributed by atoms with E-state index in [-0.39, 0.29) is 16.6 Å². The van der Waals surface area contributed by atoms with Crippen LogP contribution in [0, 0.1) is 28.6 Å². The second-order valence-corrected chi connectivity index (χ2v) is 9.41. The Morgan fingerprint density at radius 2 is 1.71 bits per heavy atom. The van der Waals surface area contributed by atoms with Gasteiger partial charge >= 0.3 is 0 Å². The number of ketones is 1. The topological polar surface area (TPSA) is 35.5 Å². The number of allylic oxidation sites excluding steroid dienone is 1. The van der Waals surface area contributed by atoms with Crippen molar-refractivity contribution < 1.29 is 14.3 Å². The molecule has 0 bridgehead atoms. The van der Waals surface area contributed by atoms with Crippen molar-refractivity contribution in [2.75, 3.05) is 13.2 Å². The van der Waals surface area contributed by atoms with Crippen molar-refractivity contribution in [3.8, 4) is 0 Å². The Labute approximate surface area is 145 Å². The van der Waals surface area contributed by atoms with Crippen LogP contribution in [0.4, 0.5) is 0 Å². The van der Waals surface area contributed by atoms with E-state index < -0.39 is 0 Å². The molecule has 1 spiro atoms. The summed E-state index contributed by atoms with van der Waals surface area (Å²) in [6.07, 6.45) is 11.0. The van der Waals surface area contributed by atoms with Crippen molar-refractivity contribution in [1.29, 1.82) is 0 Å². The summed E-state index contributed by atoms with van der Waals surface area (Å²) < 4.78 is 12.4. The first-order valence-corrected chi connectivity index (χ1v) is 10.0. The fraction of sp³-hybridized carbons (Fsp3) is 0.857. The molecule has 5 atom stereocenters. The molecule has 3 heteroatoms. The third-order valence-electron chi connectivity index (χ3n) is 8.76. The summed E-state index contributed by atoms with van der Waals surface area (Å²) in [6.45, 7) is 6.44. The Morgan fingerprint density at radius 3 is 2.50 bits per heavy atom. The van der Waals surface area contributed by atoms with Crippen LogP contribution in [0.15, 0.2) is 11.6 Å². The molecule has 1 heterocycles. The maximum Gasteiger partial charge on any atom is 0.174 e. The SMILES string of the molecule is C[C@]12CCC(=O)C=C1CC[C@@H]1[C@@H]2CC[C@@]2(C)[C@H]1CCC21OCCO1. The summed E-state index contributed by atoms with van der Waals surface area (Å²) in [5.41, 5.74) is 1.92. The lowest BCUT2D eigenvalue weighted by Crippen LogP contribution is -2.55. The van der Waals surface area contributed by atoms with Gasteiger partial charge < -0.3 is 9.47 Å². The van der Waals surface area contributed by atoms with Crippen LogP contribution in [-0.4, -0.2) is 24.8 Å². The van der Waals surface area contributed by atoms with Crippen molar-refractivity contribution in [2.45, 2.75) is 71.0 Å². The number of hydrogen-bond donors (Lipinski definition) is 0. The van der Waals surface area contributed by atoms with Gasteiger partial charge in [-0.15, -0.1) is 0 Å². The predicted molar refractivity (Wildman–Crippen MR) is 91.3 cm³/mol. The zero-order valence-electron chi connectivity index (χ0n) is 15.1. The first kappa shape index (κ1) is 15.6. The van der Waals surface area contributed by atoms with Crippen LogP contribution in [0.3, 0.4) is 0 Å². The average molecular weight is 330 g/mol. The van der Waals surface area contributed by atoms with E-state index in [1.54, 1.807) is 0 Å². The summed E-state index contributed by atoms with van der Waals surface area (Å²) in [6, 6.07) is 0. The molecule has 132 valence electrons. The maximum absolute atomic E-state index is 11.9. The van der Waals surface area contributed by atoms with Crippen molar-refractivity contribution >= 4 is 5.78 Å². The molecule has 0 aromatic heterocycles. The van der Waals surface area contributed by atoms with E-state index in [1.165, 1.54) is 31.3 Å². The summed E-state index contributed by atoms with van der Waals surface area (Å²) >= 11 is 0. The minimum atomic E-state index is -0.289. The van der Waals surface area contributed by atoms with Crippen LogP contribution in [0.2, 0.25) is 0 Å². The highest BCUT2D eigenvalue weighted by Gasteiger charge is 2.66. The van der Waals surface area contributed by atoms with Crippen molar-refractivity contribution in [2.24, 2.45) is 28.6 Å². The number of carbonyl (C=O) groups is 1. The number of ether oxygens (including phenoxy) is 2. The molecule has 3 saturated carbocycles. The van der Waals surface area contributed by atoms with Crippen LogP contribution >= 0.6 is 0 Å². The number of hydrogen-bond acceptors (Lipinski definition) is 3. The lowest BCUT2D eigenvalue weighted by molar-refractivity contribution is -0.242. The molecular weight excluding hydrogens is 300 g/mol. The lowest BCUT2D eigenvalue weighted by Gasteiger charge is -2.58. The first-order valence-electron chi connectivity index (χ1n) is 10.0. The zero-order valence-corrected chi connectivity index (χ0v) is 15.1. The van der Waals surface area contributed by atoms with Gasteiger partial charge in [-0.25, -0.2) is 0 Å². The minimum absolute atomic E-state index is 0.187. The lowest BCUT2D eigenvalue weighted by atomic mass is 9.47. The Morgan fingerprint density at radius 1 is 0.958 bits per heavy atom. The molecule has 1 aliphatic heterocycles. The third-order valence-corrected chi connectivity index (χ3v) is 8.76. The highest BCUT2D eigenvalue weighted by atomic mass is 16.7. The molecule has 0 amide bonds. The van der Waals surface area contributed by atoms with E-state index in [1.807, 2.05) is 6.08 Å². The third kappa shape index (κ3) is 1.78. The Bertz CT molecular complexity index is 602. The molecule has 4 fully saturated rings. The number of carbonyl (C=O) groups excluding carboxylic acids is 1. The van der Waals surface area contributed by atoms with Gasteiger partial charge in [0.15, 0.2) is 11.6 Å². The Hall–Kier alpha value is -0.670. The van der Waals surface area contributed by atoms with Gasteiger partial charge in [-0.1, -0.05) is 19.4 Å². The summed E-state index contributed by atoms with van der Waals surface area (Å²) in [4.78, 5) is 11.9. The Kier molecular flexibility index (Phi) is 3.21. The van der Waals surface area contributed by atoms with E-state index in [0.29, 0.717) is 5.78 Å². The summed E-state index contributed by atoms with van der Waals surface area (Å²) in [5, 5.41) is 0. The van der Waals surface area contributed by atoms with Crippen molar-refractivity contribution in [3.05, 3.63) is 11.6 Å². The molecule has 0 aromatic rings. The van der Waals surface area contributed by atoms with Gasteiger partial charge in [0.1, 0.15) is 0 Å². The van der Waals surface area contributed by atoms with Crippen molar-refractivity contribution in [3.63, 3.8) is 0 Å². The molecule has 0 unspecified atom stereocenters. The van der Waals surface area contributed by atoms with Gasteiger partial charge in [0.05, 0.1) is 13.2 Å². The summed E-state index contributed by atoms with van der Waals surface area (Å²) in [5.74, 6) is 2.33. The second-order valence-electron chi connectivity index (χ2n) is 9.41. The van der Waals surface area contributed by atoms with Crippen LogP contribution < -0.4 is 0 Å². The summed E-state index contributed by atoms with van der Waals surface area (Å²) in [7, 11) is 0. The fourth-order valence-corrected chi connectivity index (χ4v) is 7.44. The van der Waals surface area contributed by atoms with E-state index in [9.17, 15) is 4.79 Å². The van der Waals surface area contributed by atoms with Crippen LogP contribution in [-0.2, 0) is 14.3 Å². The first-order chi connectivity index (χ1) is 11.5. The standard InChI is InChI=1S/C21H30O3/c1-19-8-5-15(22)13-14(19)3-4-16-17(19)6-9-20(2)18(16)7-10-21(20)23-11-12-24-21/h13,16-18H,3-12H2,1-2H3/t16-,17+,18+,19+,20+/m1/s1. The van der Waals surface area contributed by atoms with E-state index >= 15 is 0 Å². The molecule has 0 aromatic carbocycles. The van der Waals surface area contributed by atoms with Gasteiger partial charge in [0.25, 0.3) is 0 Å². The quantitative estimate of drug-likeness (QED) is 0.666. The van der Waals surface area contributed by atoms with Crippen LogP contribution in [0.1, 0.15) is 65.2 Å². The number of fused-ring (bicyclic) bond motifs is 6. The van der Waals surface area contributed by atoms with E-state index in [2.05, 4.69) is 13.8 Å². The normalized spacial score (nSPS) is 49.5.